The maximum atomic E-state index is 5.09. The molecule has 12 heavy (non-hydrogen) atoms. The molecule has 0 atom stereocenters. The average molecular weight is 186 g/mol. The van der Waals surface area contributed by atoms with Crippen LogP contribution in [-0.4, -0.2) is 25.5 Å². The Morgan fingerprint density at radius 3 is 2.33 bits per heavy atom. The van der Waals surface area contributed by atoms with Gasteiger partial charge in [-0.2, -0.15) is 0 Å². The van der Waals surface area contributed by atoms with Gasteiger partial charge in [-0.1, -0.05) is 5.92 Å². The first-order valence-electron chi connectivity index (χ1n) is 3.81. The number of hydrogen-bond donors (Lipinski definition) is 0. The van der Waals surface area contributed by atoms with Crippen LogP contribution in [0.1, 0.15) is 19.3 Å². The predicted octanol–water partition coefficient (Wildman–Crippen LogP) is 1.78. The number of terminal acetylenes is 1. The van der Waals surface area contributed by atoms with Gasteiger partial charge >= 0.3 is 0 Å². The van der Waals surface area contributed by atoms with Crippen LogP contribution < -0.4 is 0 Å². The van der Waals surface area contributed by atoms with Gasteiger partial charge in [0.05, 0.1) is 6.54 Å². The van der Waals surface area contributed by atoms with Crippen molar-refractivity contribution in [3.05, 3.63) is 0 Å². The zero-order valence-electron chi connectivity index (χ0n) is 7.76. The molecule has 0 rings (SSSR count). The van der Waals surface area contributed by atoms with Gasteiger partial charge in [0.15, 0.2) is 0 Å². The van der Waals surface area contributed by atoms with Gasteiger partial charge in [-0.3, -0.25) is 4.90 Å². The lowest BCUT2D eigenvalue weighted by Gasteiger charge is -2.00. The Morgan fingerprint density at radius 1 is 1.17 bits per heavy atom. The highest BCUT2D eigenvalue weighted by atomic mass is 35.5. The lowest BCUT2D eigenvalue weighted by atomic mass is 10.2. The van der Waals surface area contributed by atoms with Crippen LogP contribution in [0.15, 0.2) is 0 Å². The van der Waals surface area contributed by atoms with E-state index in [1.54, 1.807) is 0 Å². The average Bonchev–Trinajstić information content (AvgIpc) is 1.96. The van der Waals surface area contributed by atoms with Crippen molar-refractivity contribution in [3.63, 3.8) is 0 Å². The molecule has 0 amide bonds. The van der Waals surface area contributed by atoms with Crippen molar-refractivity contribution >= 4 is 12.4 Å². The molecule has 0 aromatic rings. The fourth-order valence-electron chi connectivity index (χ4n) is 0.581. The van der Waals surface area contributed by atoms with Crippen LogP contribution >= 0.6 is 12.4 Å². The smallest absolute Gasteiger partial charge is 0.0596 e. The van der Waals surface area contributed by atoms with E-state index in [0.29, 0.717) is 0 Å². The summed E-state index contributed by atoms with van der Waals surface area (Å²) in [6.07, 6.45) is 7.88. The third kappa shape index (κ3) is 12.1. The number of hydrogen-bond acceptors (Lipinski definition) is 1. The molecular formula is C10H16ClN. The summed E-state index contributed by atoms with van der Waals surface area (Å²) in [5.74, 6) is 8.70. The summed E-state index contributed by atoms with van der Waals surface area (Å²) in [4.78, 5) is 2.05. The standard InChI is InChI=1S/C10H15N.ClH/c1-4-5-6-7-8-9-10-11(2)3;/h1H,5-7,10H2,2-3H3;1H. The first-order valence-corrected chi connectivity index (χ1v) is 3.81. The van der Waals surface area contributed by atoms with Crippen molar-refractivity contribution in [2.45, 2.75) is 19.3 Å². The lowest BCUT2D eigenvalue weighted by Crippen LogP contribution is -2.10. The van der Waals surface area contributed by atoms with Gasteiger partial charge < -0.3 is 0 Å². The van der Waals surface area contributed by atoms with E-state index in [-0.39, 0.29) is 12.4 Å². The van der Waals surface area contributed by atoms with Gasteiger partial charge in [0.2, 0.25) is 0 Å². The monoisotopic (exact) mass is 185 g/mol. The Hall–Kier alpha value is -0.630. The molecule has 0 aromatic carbocycles. The fraction of sp³-hybridized carbons (Fsp3) is 0.600. The molecule has 0 aliphatic carbocycles. The van der Waals surface area contributed by atoms with E-state index in [9.17, 15) is 0 Å². The Bertz CT molecular complexity index is 180. The van der Waals surface area contributed by atoms with Gasteiger partial charge in [-0.25, -0.2) is 0 Å². The quantitative estimate of drug-likeness (QED) is 0.479. The summed E-state index contributed by atoms with van der Waals surface area (Å²) < 4.78 is 0. The van der Waals surface area contributed by atoms with Crippen LogP contribution in [0.5, 0.6) is 0 Å². The molecule has 0 N–H and O–H groups in total. The Labute approximate surface area is 81.9 Å². The minimum Gasteiger partial charge on any atom is -0.299 e. The van der Waals surface area contributed by atoms with Gasteiger partial charge in [0.1, 0.15) is 0 Å². The van der Waals surface area contributed by atoms with Gasteiger partial charge in [-0.05, 0) is 20.5 Å². The summed E-state index contributed by atoms with van der Waals surface area (Å²) in [5.41, 5.74) is 0. The van der Waals surface area contributed by atoms with Gasteiger partial charge in [0, 0.05) is 12.8 Å². The maximum absolute atomic E-state index is 5.09. The van der Waals surface area contributed by atoms with Crippen LogP contribution in [0, 0.1) is 24.2 Å². The highest BCUT2D eigenvalue weighted by Gasteiger charge is 1.81. The van der Waals surface area contributed by atoms with E-state index >= 15 is 0 Å². The van der Waals surface area contributed by atoms with E-state index in [0.717, 1.165) is 25.8 Å². The summed E-state index contributed by atoms with van der Waals surface area (Å²) in [6, 6.07) is 0. The summed E-state index contributed by atoms with van der Waals surface area (Å²) in [6.45, 7) is 0.843. The molecule has 0 saturated carbocycles. The fourth-order valence-corrected chi connectivity index (χ4v) is 0.581. The molecule has 0 spiro atoms. The minimum absolute atomic E-state index is 0. The predicted molar refractivity (Wildman–Crippen MR) is 56.3 cm³/mol. The first kappa shape index (κ1) is 13.9. The molecule has 0 bridgehead atoms. The second kappa shape index (κ2) is 10.4. The zero-order valence-corrected chi connectivity index (χ0v) is 8.58. The van der Waals surface area contributed by atoms with E-state index < -0.39 is 0 Å². The molecule has 0 aromatic heterocycles. The third-order valence-electron chi connectivity index (χ3n) is 1.14. The first-order chi connectivity index (χ1) is 5.27. The second-order valence-corrected chi connectivity index (χ2v) is 2.65. The molecule has 0 heterocycles. The zero-order chi connectivity index (χ0) is 8.53. The molecule has 0 saturated heterocycles. The van der Waals surface area contributed by atoms with E-state index in [4.69, 9.17) is 6.42 Å². The van der Waals surface area contributed by atoms with Gasteiger partial charge in [-0.15, -0.1) is 30.7 Å². The molecular weight excluding hydrogens is 170 g/mol. The van der Waals surface area contributed by atoms with Crippen LogP contribution in [0.4, 0.5) is 0 Å². The van der Waals surface area contributed by atoms with Crippen LogP contribution in [0.3, 0.4) is 0 Å². The van der Waals surface area contributed by atoms with E-state index in [1.165, 1.54) is 0 Å². The highest BCUT2D eigenvalue weighted by Crippen LogP contribution is 1.90. The Morgan fingerprint density at radius 2 is 1.83 bits per heavy atom. The normalized spacial score (nSPS) is 7.83. The van der Waals surface area contributed by atoms with Crippen molar-refractivity contribution in [1.29, 1.82) is 0 Å². The second-order valence-electron chi connectivity index (χ2n) is 2.65. The van der Waals surface area contributed by atoms with E-state index in [2.05, 4.69) is 17.8 Å². The third-order valence-corrected chi connectivity index (χ3v) is 1.14. The summed E-state index contributed by atoms with van der Waals surface area (Å²) in [7, 11) is 4.02. The molecule has 68 valence electrons. The molecule has 2 heteroatoms. The van der Waals surface area contributed by atoms with Gasteiger partial charge in [0.25, 0.3) is 0 Å². The number of rotatable bonds is 3. The van der Waals surface area contributed by atoms with E-state index in [1.807, 2.05) is 19.0 Å². The summed E-state index contributed by atoms with van der Waals surface area (Å²) in [5, 5.41) is 0. The number of halogens is 1. The molecule has 0 fully saturated rings. The topological polar surface area (TPSA) is 3.24 Å². The minimum atomic E-state index is 0. The molecule has 1 nitrogen and oxygen atoms in total. The van der Waals surface area contributed by atoms with Crippen LogP contribution in [0.25, 0.3) is 0 Å². The van der Waals surface area contributed by atoms with Crippen molar-refractivity contribution < 1.29 is 0 Å². The highest BCUT2D eigenvalue weighted by molar-refractivity contribution is 5.85. The number of unbranched alkanes of at least 4 members (excludes halogenated alkanes) is 2. The lowest BCUT2D eigenvalue weighted by molar-refractivity contribution is 0.463. The summed E-state index contributed by atoms with van der Waals surface area (Å²) >= 11 is 0. The Balaban J connectivity index is 0. The molecule has 0 unspecified atom stereocenters. The van der Waals surface area contributed by atoms with Crippen LogP contribution in [0.2, 0.25) is 0 Å². The van der Waals surface area contributed by atoms with Crippen LogP contribution in [-0.2, 0) is 0 Å². The molecule has 0 aliphatic heterocycles. The SMILES string of the molecule is C#CCCCC#CCN(C)C.Cl. The van der Waals surface area contributed by atoms with Crippen molar-refractivity contribution in [1.82, 2.24) is 4.90 Å². The maximum Gasteiger partial charge on any atom is 0.0596 e. The van der Waals surface area contributed by atoms with Crippen molar-refractivity contribution in [2.24, 2.45) is 0 Å². The molecule has 0 radical (unpaired) electrons. The van der Waals surface area contributed by atoms with Crippen molar-refractivity contribution in [3.8, 4) is 24.2 Å². The van der Waals surface area contributed by atoms with Crippen molar-refractivity contribution in [2.75, 3.05) is 20.6 Å². The largest absolute Gasteiger partial charge is 0.299 e. The molecule has 0 aliphatic rings. The number of nitrogens with zero attached hydrogens (tertiary/aromatic N) is 1. The Kier molecular flexibility index (Phi) is 12.0.